The number of hydrogen-bond acceptors (Lipinski definition) is 4. The first-order chi connectivity index (χ1) is 13.8. The Balaban J connectivity index is 2.08. The fourth-order valence-electron chi connectivity index (χ4n) is 3.76. The second-order valence-corrected chi connectivity index (χ2v) is 7.84. The molecule has 1 heterocycles. The molecule has 2 aromatic carbocycles. The highest BCUT2D eigenvalue weighted by atomic mass is 35.5. The van der Waals surface area contributed by atoms with Gasteiger partial charge in [0.15, 0.2) is 6.79 Å². The number of hydrogen-bond donors (Lipinski definition) is 1. The first-order valence-electron chi connectivity index (χ1n) is 9.59. The third kappa shape index (κ3) is 4.04. The summed E-state index contributed by atoms with van der Waals surface area (Å²) in [5.74, 6) is -0.387. The minimum Gasteiger partial charge on any atom is -0.509 e. The number of aliphatic hydroxyl groups excluding tert-OH is 1. The number of hydroxylamine groups is 2. The maximum atomic E-state index is 13.4. The first-order valence-corrected chi connectivity index (χ1v) is 9.97. The summed E-state index contributed by atoms with van der Waals surface area (Å²) >= 11 is 6.00. The van der Waals surface area contributed by atoms with E-state index >= 15 is 0 Å². The van der Waals surface area contributed by atoms with E-state index in [2.05, 4.69) is 0 Å². The van der Waals surface area contributed by atoms with Gasteiger partial charge in [-0.3, -0.25) is 4.79 Å². The van der Waals surface area contributed by atoms with Gasteiger partial charge in [-0.25, -0.2) is 9.90 Å². The molecule has 3 rings (SSSR count). The molecule has 6 heteroatoms. The normalized spacial score (nSPS) is 19.3. The van der Waals surface area contributed by atoms with Crippen LogP contribution in [0.5, 0.6) is 0 Å². The molecule has 1 amide bonds. The molecule has 0 saturated heterocycles. The maximum absolute atomic E-state index is 13.4. The van der Waals surface area contributed by atoms with Gasteiger partial charge in [-0.15, -0.1) is 0 Å². The van der Waals surface area contributed by atoms with Crippen LogP contribution in [0.4, 0.5) is 0 Å². The number of halogens is 1. The Bertz CT molecular complexity index is 918. The Labute approximate surface area is 176 Å². The average molecular weight is 416 g/mol. The lowest BCUT2D eigenvalue weighted by Crippen LogP contribution is -2.48. The van der Waals surface area contributed by atoms with Gasteiger partial charge in [0.25, 0.3) is 5.91 Å². The van der Waals surface area contributed by atoms with Gasteiger partial charge in [0, 0.05) is 18.1 Å². The number of amides is 1. The van der Waals surface area contributed by atoms with Gasteiger partial charge >= 0.3 is 0 Å². The van der Waals surface area contributed by atoms with Crippen LogP contribution in [0.2, 0.25) is 5.02 Å². The van der Waals surface area contributed by atoms with E-state index in [0.29, 0.717) is 18.1 Å². The molecule has 0 aromatic heterocycles. The molecule has 2 aromatic rings. The predicted octanol–water partition coefficient (Wildman–Crippen LogP) is 5.00. The molecule has 1 aliphatic heterocycles. The van der Waals surface area contributed by atoms with Crippen molar-refractivity contribution in [2.45, 2.75) is 39.7 Å². The standard InChI is InChI=1S/C23H26ClNO4/c1-5-28-14-29-25-22(27)20(19-15(2)7-6-8-16(19)3)21(26)23(25,4)13-17-9-11-18(24)12-10-17/h6-12,26H,5,13-14H2,1-4H3. The molecule has 1 aliphatic rings. The Hall–Kier alpha value is -2.34. The third-order valence-electron chi connectivity index (χ3n) is 5.26. The monoisotopic (exact) mass is 415 g/mol. The Morgan fingerprint density at radius 3 is 2.31 bits per heavy atom. The highest BCUT2D eigenvalue weighted by molar-refractivity contribution is 6.30. The van der Waals surface area contributed by atoms with Crippen molar-refractivity contribution in [2.75, 3.05) is 13.4 Å². The van der Waals surface area contributed by atoms with Crippen LogP contribution >= 0.6 is 11.6 Å². The van der Waals surface area contributed by atoms with Crippen LogP contribution in [0.15, 0.2) is 48.2 Å². The minimum absolute atomic E-state index is 0.00801. The third-order valence-corrected chi connectivity index (χ3v) is 5.51. The molecule has 5 nitrogen and oxygen atoms in total. The molecule has 1 N–H and O–H groups in total. The van der Waals surface area contributed by atoms with Gasteiger partial charge in [-0.2, -0.15) is 0 Å². The van der Waals surface area contributed by atoms with Crippen molar-refractivity contribution in [3.05, 3.63) is 75.5 Å². The number of ether oxygens (including phenoxy) is 1. The number of aryl methyl sites for hydroxylation is 2. The minimum atomic E-state index is -1.08. The summed E-state index contributed by atoms with van der Waals surface area (Å²) in [5.41, 5.74) is 2.68. The highest BCUT2D eigenvalue weighted by Gasteiger charge is 2.51. The maximum Gasteiger partial charge on any atom is 0.282 e. The van der Waals surface area contributed by atoms with Crippen LogP contribution in [0.3, 0.4) is 0 Å². The molecule has 1 unspecified atom stereocenters. The molecule has 154 valence electrons. The Morgan fingerprint density at radius 1 is 1.10 bits per heavy atom. The molecule has 0 radical (unpaired) electrons. The number of nitrogens with zero attached hydrogens (tertiary/aromatic N) is 1. The van der Waals surface area contributed by atoms with Crippen molar-refractivity contribution in [1.82, 2.24) is 5.06 Å². The number of aliphatic hydroxyl groups is 1. The van der Waals surface area contributed by atoms with Crippen molar-refractivity contribution in [3.8, 4) is 0 Å². The fourth-order valence-corrected chi connectivity index (χ4v) is 3.88. The van der Waals surface area contributed by atoms with E-state index < -0.39 is 5.54 Å². The van der Waals surface area contributed by atoms with Crippen molar-refractivity contribution in [2.24, 2.45) is 0 Å². The van der Waals surface area contributed by atoms with E-state index in [1.165, 1.54) is 5.06 Å². The number of rotatable bonds is 7. The van der Waals surface area contributed by atoms with E-state index in [0.717, 1.165) is 22.3 Å². The summed E-state index contributed by atoms with van der Waals surface area (Å²) in [4.78, 5) is 19.1. The van der Waals surface area contributed by atoms with Crippen LogP contribution in [0, 0.1) is 13.8 Å². The largest absolute Gasteiger partial charge is 0.509 e. The molecule has 0 bridgehead atoms. The SMILES string of the molecule is CCOCON1C(=O)C(c2c(C)cccc2C)=C(O)C1(C)Cc1ccc(Cl)cc1. The number of benzene rings is 2. The first kappa shape index (κ1) is 21.4. The van der Waals surface area contributed by atoms with Crippen LogP contribution in [0.25, 0.3) is 5.57 Å². The summed E-state index contributed by atoms with van der Waals surface area (Å²) in [6.07, 6.45) is 0.363. The lowest BCUT2D eigenvalue weighted by atomic mass is 9.88. The summed E-state index contributed by atoms with van der Waals surface area (Å²) < 4.78 is 5.29. The number of carbonyl (C=O) groups excluding carboxylic acids is 1. The highest BCUT2D eigenvalue weighted by Crippen LogP contribution is 2.42. The Morgan fingerprint density at radius 2 is 1.72 bits per heavy atom. The van der Waals surface area contributed by atoms with Gasteiger partial charge < -0.3 is 9.84 Å². The van der Waals surface area contributed by atoms with Crippen LogP contribution < -0.4 is 0 Å². The lowest BCUT2D eigenvalue weighted by Gasteiger charge is -2.34. The van der Waals surface area contributed by atoms with Crippen molar-refractivity contribution in [3.63, 3.8) is 0 Å². The Kier molecular flexibility index (Phi) is 6.32. The van der Waals surface area contributed by atoms with E-state index in [1.54, 1.807) is 19.1 Å². The second-order valence-electron chi connectivity index (χ2n) is 7.41. The van der Waals surface area contributed by atoms with Gasteiger partial charge in [-0.1, -0.05) is 41.9 Å². The van der Waals surface area contributed by atoms with Crippen molar-refractivity contribution >= 4 is 23.1 Å². The molecule has 0 spiro atoms. The molecule has 1 atom stereocenters. The smallest absolute Gasteiger partial charge is 0.282 e. The molecule has 0 saturated carbocycles. The topological polar surface area (TPSA) is 59.0 Å². The zero-order valence-corrected chi connectivity index (χ0v) is 17.9. The van der Waals surface area contributed by atoms with E-state index in [1.807, 2.05) is 51.1 Å². The molecular weight excluding hydrogens is 390 g/mol. The summed E-state index contributed by atoms with van der Waals surface area (Å²) in [5, 5.41) is 13.2. The zero-order valence-electron chi connectivity index (χ0n) is 17.2. The predicted molar refractivity (Wildman–Crippen MR) is 113 cm³/mol. The van der Waals surface area contributed by atoms with E-state index in [-0.39, 0.29) is 24.0 Å². The summed E-state index contributed by atoms with van der Waals surface area (Å²) in [7, 11) is 0. The summed E-state index contributed by atoms with van der Waals surface area (Å²) in [6.45, 7) is 7.87. The van der Waals surface area contributed by atoms with Gasteiger partial charge in [0.05, 0.1) is 5.57 Å². The van der Waals surface area contributed by atoms with Crippen molar-refractivity contribution < 1.29 is 19.5 Å². The summed E-state index contributed by atoms with van der Waals surface area (Å²) in [6, 6.07) is 13.1. The van der Waals surface area contributed by atoms with Gasteiger partial charge in [0.1, 0.15) is 11.3 Å². The lowest BCUT2D eigenvalue weighted by molar-refractivity contribution is -0.245. The van der Waals surface area contributed by atoms with Crippen molar-refractivity contribution in [1.29, 1.82) is 0 Å². The molecule has 29 heavy (non-hydrogen) atoms. The van der Waals surface area contributed by atoms with Crippen LogP contribution in [-0.2, 0) is 20.8 Å². The average Bonchev–Trinajstić information content (AvgIpc) is 2.85. The quantitative estimate of drug-likeness (QED) is 0.511. The molecule has 0 aliphatic carbocycles. The zero-order chi connectivity index (χ0) is 21.2. The van der Waals surface area contributed by atoms with Crippen LogP contribution in [-0.4, -0.2) is 35.0 Å². The molecule has 0 fully saturated rings. The van der Waals surface area contributed by atoms with Crippen LogP contribution in [0.1, 0.15) is 36.1 Å². The van der Waals surface area contributed by atoms with E-state index in [4.69, 9.17) is 21.2 Å². The second kappa shape index (κ2) is 8.57. The van der Waals surface area contributed by atoms with E-state index in [9.17, 15) is 9.90 Å². The molecular formula is C23H26ClNO4. The van der Waals surface area contributed by atoms with Gasteiger partial charge in [-0.05, 0) is 62.1 Å². The fraction of sp³-hybridized carbons (Fsp3) is 0.348. The number of carbonyl (C=O) groups is 1. The van der Waals surface area contributed by atoms with Gasteiger partial charge in [0.2, 0.25) is 0 Å².